The third-order valence-electron chi connectivity index (χ3n) is 4.88. The quantitative estimate of drug-likeness (QED) is 0.494. The second-order valence-corrected chi connectivity index (χ2v) is 7.90. The molecule has 1 atom stereocenters. The summed E-state index contributed by atoms with van der Waals surface area (Å²) in [4.78, 5) is 2.43. The van der Waals surface area contributed by atoms with Gasteiger partial charge in [-0.15, -0.1) is 5.10 Å². The van der Waals surface area contributed by atoms with Crippen LogP contribution in [0.25, 0.3) is 0 Å². The third kappa shape index (κ3) is 5.85. The molecule has 0 radical (unpaired) electrons. The van der Waals surface area contributed by atoms with Gasteiger partial charge in [0.2, 0.25) is 0 Å². The zero-order chi connectivity index (χ0) is 20.6. The molecule has 0 amide bonds. The number of rotatable bonds is 10. The molecule has 154 valence electrons. The first kappa shape index (κ1) is 21.4. The summed E-state index contributed by atoms with van der Waals surface area (Å²) in [5.41, 5.74) is 2.45. The molecule has 0 aliphatic heterocycles. The molecule has 0 spiro atoms. The molecule has 0 aliphatic rings. The minimum absolute atomic E-state index is 0.0535. The number of hydrogen-bond acceptors (Lipinski definition) is 5. The van der Waals surface area contributed by atoms with Gasteiger partial charge in [0.1, 0.15) is 0 Å². The van der Waals surface area contributed by atoms with Crippen molar-refractivity contribution in [2.45, 2.75) is 39.5 Å². The Morgan fingerprint density at radius 3 is 2.28 bits per heavy atom. The van der Waals surface area contributed by atoms with Crippen LogP contribution in [0.5, 0.6) is 0 Å². The fourth-order valence-electron chi connectivity index (χ4n) is 3.54. The van der Waals surface area contributed by atoms with Crippen LogP contribution in [0.15, 0.2) is 54.6 Å². The summed E-state index contributed by atoms with van der Waals surface area (Å²) in [6.45, 7) is 7.18. The predicted octanol–water partition coefficient (Wildman–Crippen LogP) is 4.37. The van der Waals surface area contributed by atoms with Crippen LogP contribution in [0.1, 0.15) is 36.8 Å². The molecular weight excluding hydrogens is 386 g/mol. The van der Waals surface area contributed by atoms with Crippen LogP contribution in [0.3, 0.4) is 0 Å². The highest BCUT2D eigenvalue weighted by molar-refractivity contribution is 6.30. The predicted molar refractivity (Wildman–Crippen MR) is 114 cm³/mol. The van der Waals surface area contributed by atoms with Crippen LogP contribution in [0.2, 0.25) is 5.02 Å². The molecule has 7 heteroatoms. The molecular formula is C22H28ClN5O. The molecule has 6 nitrogen and oxygen atoms in total. The van der Waals surface area contributed by atoms with E-state index in [1.54, 1.807) is 7.11 Å². The van der Waals surface area contributed by atoms with Crippen LogP contribution in [-0.4, -0.2) is 38.8 Å². The van der Waals surface area contributed by atoms with Gasteiger partial charge in [-0.25, -0.2) is 4.68 Å². The number of ether oxygens (including phenoxy) is 1. The zero-order valence-corrected chi connectivity index (χ0v) is 18.0. The molecule has 0 bridgehead atoms. The Kier molecular flexibility index (Phi) is 7.75. The molecule has 0 fully saturated rings. The average Bonchev–Trinajstić information content (AvgIpc) is 3.16. The second kappa shape index (κ2) is 10.5. The van der Waals surface area contributed by atoms with Crippen LogP contribution >= 0.6 is 11.6 Å². The molecule has 3 rings (SSSR count). The van der Waals surface area contributed by atoms with E-state index in [-0.39, 0.29) is 6.04 Å². The summed E-state index contributed by atoms with van der Waals surface area (Å²) < 4.78 is 7.09. The number of benzene rings is 2. The number of methoxy groups -OCH3 is 1. The first-order valence-corrected chi connectivity index (χ1v) is 10.2. The van der Waals surface area contributed by atoms with Gasteiger partial charge in [0, 0.05) is 25.2 Å². The largest absolute Gasteiger partial charge is 0.383 e. The highest BCUT2D eigenvalue weighted by Gasteiger charge is 2.29. The van der Waals surface area contributed by atoms with Gasteiger partial charge in [0.25, 0.3) is 0 Å². The Bertz CT molecular complexity index is 866. The normalized spacial score (nSPS) is 12.6. The number of nitrogens with zero attached hydrogens (tertiary/aromatic N) is 5. The Balaban J connectivity index is 1.94. The molecule has 2 aromatic carbocycles. The van der Waals surface area contributed by atoms with Crippen LogP contribution < -0.4 is 0 Å². The van der Waals surface area contributed by atoms with E-state index in [9.17, 15) is 0 Å². The van der Waals surface area contributed by atoms with E-state index in [0.717, 1.165) is 23.9 Å². The van der Waals surface area contributed by atoms with E-state index in [0.29, 0.717) is 19.1 Å². The van der Waals surface area contributed by atoms with E-state index in [2.05, 4.69) is 70.7 Å². The van der Waals surface area contributed by atoms with Crippen molar-refractivity contribution >= 4 is 11.6 Å². The lowest BCUT2D eigenvalue weighted by Crippen LogP contribution is -2.34. The lowest BCUT2D eigenvalue weighted by Gasteiger charge is -2.33. The molecule has 1 heterocycles. The minimum atomic E-state index is 0.0535. The summed E-state index contributed by atoms with van der Waals surface area (Å²) in [5.74, 6) is 1.18. The maximum atomic E-state index is 6.09. The van der Waals surface area contributed by atoms with E-state index in [1.807, 2.05) is 22.9 Å². The van der Waals surface area contributed by atoms with E-state index < -0.39 is 0 Å². The average molecular weight is 414 g/mol. The molecule has 3 aromatic rings. The van der Waals surface area contributed by atoms with Gasteiger partial charge in [-0.05, 0) is 39.6 Å². The Labute approximate surface area is 177 Å². The van der Waals surface area contributed by atoms with Crippen molar-refractivity contribution in [1.29, 1.82) is 0 Å². The molecule has 0 saturated heterocycles. The SMILES string of the molecule is COCCn1nnnc1C(C(C)C)N(Cc1ccccc1)Cc1ccc(Cl)cc1. The lowest BCUT2D eigenvalue weighted by atomic mass is 9.99. The van der Waals surface area contributed by atoms with Gasteiger partial charge >= 0.3 is 0 Å². The lowest BCUT2D eigenvalue weighted by molar-refractivity contribution is 0.121. The van der Waals surface area contributed by atoms with Gasteiger partial charge < -0.3 is 4.74 Å². The second-order valence-electron chi connectivity index (χ2n) is 7.46. The van der Waals surface area contributed by atoms with Crippen LogP contribution in [0.4, 0.5) is 0 Å². The number of halogens is 1. The van der Waals surface area contributed by atoms with Gasteiger partial charge in [-0.3, -0.25) is 4.90 Å². The van der Waals surface area contributed by atoms with E-state index in [1.165, 1.54) is 11.1 Å². The monoisotopic (exact) mass is 413 g/mol. The van der Waals surface area contributed by atoms with Crippen LogP contribution in [0, 0.1) is 5.92 Å². The standard InChI is InChI=1S/C22H28ClN5O/c1-17(2)21(22-24-25-26-28(22)13-14-29-3)27(15-18-7-5-4-6-8-18)16-19-9-11-20(23)12-10-19/h4-12,17,21H,13-16H2,1-3H3. The molecule has 0 aliphatic carbocycles. The van der Waals surface area contributed by atoms with E-state index in [4.69, 9.17) is 16.3 Å². The molecule has 29 heavy (non-hydrogen) atoms. The highest BCUT2D eigenvalue weighted by Crippen LogP contribution is 2.30. The zero-order valence-electron chi connectivity index (χ0n) is 17.2. The summed E-state index contributed by atoms with van der Waals surface area (Å²) in [7, 11) is 1.69. The minimum Gasteiger partial charge on any atom is -0.383 e. The van der Waals surface area contributed by atoms with Gasteiger partial charge in [0.15, 0.2) is 5.82 Å². The third-order valence-corrected chi connectivity index (χ3v) is 5.14. The Morgan fingerprint density at radius 2 is 1.66 bits per heavy atom. The van der Waals surface area contributed by atoms with Crippen molar-refractivity contribution in [3.8, 4) is 0 Å². The number of tetrazole rings is 1. The first-order valence-electron chi connectivity index (χ1n) is 9.86. The summed E-state index contributed by atoms with van der Waals surface area (Å²) in [6.07, 6.45) is 0. The van der Waals surface area contributed by atoms with Crippen molar-refractivity contribution < 1.29 is 4.74 Å². The first-order chi connectivity index (χ1) is 14.1. The molecule has 1 unspecified atom stereocenters. The van der Waals surface area contributed by atoms with Gasteiger partial charge in [-0.2, -0.15) is 0 Å². The fourth-order valence-corrected chi connectivity index (χ4v) is 3.66. The van der Waals surface area contributed by atoms with Crippen molar-refractivity contribution in [2.75, 3.05) is 13.7 Å². The number of aromatic nitrogens is 4. The molecule has 0 saturated carbocycles. The van der Waals surface area contributed by atoms with Gasteiger partial charge in [0.05, 0.1) is 19.2 Å². The van der Waals surface area contributed by atoms with Gasteiger partial charge in [-0.1, -0.05) is 67.9 Å². The summed E-state index contributed by atoms with van der Waals surface area (Å²) in [5, 5.41) is 13.3. The topological polar surface area (TPSA) is 56.1 Å². The maximum Gasteiger partial charge on any atom is 0.168 e. The number of hydrogen-bond donors (Lipinski definition) is 0. The smallest absolute Gasteiger partial charge is 0.168 e. The summed E-state index contributed by atoms with van der Waals surface area (Å²) >= 11 is 6.09. The maximum absolute atomic E-state index is 6.09. The summed E-state index contributed by atoms with van der Waals surface area (Å²) in [6, 6.07) is 18.6. The van der Waals surface area contributed by atoms with Crippen LogP contribution in [-0.2, 0) is 24.4 Å². The van der Waals surface area contributed by atoms with E-state index >= 15 is 0 Å². The fraction of sp³-hybridized carbons (Fsp3) is 0.409. The molecule has 0 N–H and O–H groups in total. The highest BCUT2D eigenvalue weighted by atomic mass is 35.5. The van der Waals surface area contributed by atoms with Crippen molar-refractivity contribution in [1.82, 2.24) is 25.1 Å². The Morgan fingerprint density at radius 1 is 1.00 bits per heavy atom. The van der Waals surface area contributed by atoms with Crippen molar-refractivity contribution in [2.24, 2.45) is 5.92 Å². The van der Waals surface area contributed by atoms with Crippen molar-refractivity contribution in [3.05, 3.63) is 76.6 Å². The molecule has 1 aromatic heterocycles. The van der Waals surface area contributed by atoms with Crippen molar-refractivity contribution in [3.63, 3.8) is 0 Å². The Hall–Kier alpha value is -2.28.